The molecule has 27 heavy (non-hydrogen) atoms. The number of hydrogen-bond donors (Lipinski definition) is 0. The van der Waals surface area contributed by atoms with Crippen LogP contribution in [-0.2, 0) is 0 Å². The van der Waals surface area contributed by atoms with Crippen LogP contribution in [0.15, 0.2) is 24.5 Å². The predicted molar refractivity (Wildman–Crippen MR) is 106 cm³/mol. The summed E-state index contributed by atoms with van der Waals surface area (Å²) >= 11 is 0. The number of piperazine rings is 1. The number of hydrogen-bond acceptors (Lipinski definition) is 4. The SMILES string of the molecule is Cc1cc(C(=O)N2CCN(c3ncccn3)CC2)c(C)n1C1CCCCC1. The van der Waals surface area contributed by atoms with Gasteiger partial charge in [0, 0.05) is 56.0 Å². The smallest absolute Gasteiger partial charge is 0.255 e. The Labute approximate surface area is 161 Å². The lowest BCUT2D eigenvalue weighted by Crippen LogP contribution is -2.49. The van der Waals surface area contributed by atoms with Crippen LogP contribution in [0.4, 0.5) is 5.95 Å². The first-order valence-corrected chi connectivity index (χ1v) is 10.1. The highest BCUT2D eigenvalue weighted by Gasteiger charge is 2.27. The Kier molecular flexibility index (Phi) is 5.14. The molecule has 6 heteroatoms. The molecular weight excluding hydrogens is 338 g/mol. The highest BCUT2D eigenvalue weighted by atomic mass is 16.2. The van der Waals surface area contributed by atoms with Crippen molar-refractivity contribution < 1.29 is 4.79 Å². The van der Waals surface area contributed by atoms with Gasteiger partial charge in [0.05, 0.1) is 5.56 Å². The second-order valence-electron chi connectivity index (χ2n) is 7.77. The van der Waals surface area contributed by atoms with Gasteiger partial charge in [-0.05, 0) is 38.8 Å². The minimum Gasteiger partial charge on any atom is -0.345 e. The zero-order chi connectivity index (χ0) is 18.8. The van der Waals surface area contributed by atoms with Crippen LogP contribution < -0.4 is 4.90 Å². The fourth-order valence-electron chi connectivity index (χ4n) is 4.63. The number of amides is 1. The molecule has 0 unspecified atom stereocenters. The quantitative estimate of drug-likeness (QED) is 0.835. The molecule has 1 saturated heterocycles. The maximum Gasteiger partial charge on any atom is 0.255 e. The third kappa shape index (κ3) is 3.57. The molecule has 1 amide bonds. The standard InChI is InChI=1S/C21H29N5O/c1-16-15-19(17(2)26(16)18-7-4-3-5-8-18)20(27)24-11-13-25(14-12-24)21-22-9-6-10-23-21/h6,9-10,15,18H,3-5,7-8,11-14H2,1-2H3. The Balaban J connectivity index is 1.46. The monoisotopic (exact) mass is 367 g/mol. The minimum absolute atomic E-state index is 0.166. The first kappa shape index (κ1) is 18.0. The van der Waals surface area contributed by atoms with E-state index in [1.807, 2.05) is 11.0 Å². The topological polar surface area (TPSA) is 54.3 Å². The number of carbonyl (C=O) groups excluding carboxylic acids is 1. The maximum atomic E-state index is 13.2. The molecular formula is C21H29N5O. The van der Waals surface area contributed by atoms with Crippen LogP contribution in [0.5, 0.6) is 0 Å². The van der Waals surface area contributed by atoms with E-state index in [0.717, 1.165) is 30.3 Å². The first-order chi connectivity index (χ1) is 13.1. The highest BCUT2D eigenvalue weighted by molar-refractivity contribution is 5.96. The summed E-state index contributed by atoms with van der Waals surface area (Å²) in [6.07, 6.45) is 9.94. The number of nitrogens with zero attached hydrogens (tertiary/aromatic N) is 5. The van der Waals surface area contributed by atoms with Gasteiger partial charge in [-0.15, -0.1) is 0 Å². The molecule has 0 N–H and O–H groups in total. The Morgan fingerprint density at radius 2 is 1.67 bits per heavy atom. The lowest BCUT2D eigenvalue weighted by Gasteiger charge is -2.34. The van der Waals surface area contributed by atoms with Crippen LogP contribution in [0.2, 0.25) is 0 Å². The van der Waals surface area contributed by atoms with Crippen molar-refractivity contribution in [2.24, 2.45) is 0 Å². The number of rotatable bonds is 3. The molecule has 2 aromatic heterocycles. The summed E-state index contributed by atoms with van der Waals surface area (Å²) in [5.74, 6) is 0.916. The summed E-state index contributed by atoms with van der Waals surface area (Å²) < 4.78 is 2.42. The average Bonchev–Trinajstić information content (AvgIpc) is 3.03. The van der Waals surface area contributed by atoms with E-state index in [9.17, 15) is 4.79 Å². The van der Waals surface area contributed by atoms with Crippen molar-refractivity contribution in [3.8, 4) is 0 Å². The second-order valence-corrected chi connectivity index (χ2v) is 7.77. The van der Waals surface area contributed by atoms with Gasteiger partial charge in [-0.3, -0.25) is 4.79 Å². The Morgan fingerprint density at radius 3 is 2.33 bits per heavy atom. The second kappa shape index (κ2) is 7.71. The molecule has 2 aromatic rings. The van der Waals surface area contributed by atoms with Crippen LogP contribution in [-0.4, -0.2) is 51.5 Å². The summed E-state index contributed by atoms with van der Waals surface area (Å²) in [7, 11) is 0. The molecule has 0 atom stereocenters. The minimum atomic E-state index is 0.166. The van der Waals surface area contributed by atoms with Gasteiger partial charge in [0.15, 0.2) is 0 Å². The van der Waals surface area contributed by atoms with E-state index in [4.69, 9.17) is 0 Å². The number of aromatic nitrogens is 3. The van der Waals surface area contributed by atoms with Gasteiger partial charge in [-0.1, -0.05) is 19.3 Å². The van der Waals surface area contributed by atoms with E-state index < -0.39 is 0 Å². The van der Waals surface area contributed by atoms with Crippen LogP contribution in [0, 0.1) is 13.8 Å². The molecule has 0 radical (unpaired) electrons. The Morgan fingerprint density at radius 1 is 1.00 bits per heavy atom. The van der Waals surface area contributed by atoms with Gasteiger partial charge < -0.3 is 14.4 Å². The average molecular weight is 367 g/mol. The van der Waals surface area contributed by atoms with E-state index in [2.05, 4.69) is 39.3 Å². The first-order valence-electron chi connectivity index (χ1n) is 10.1. The van der Waals surface area contributed by atoms with Crippen molar-refractivity contribution >= 4 is 11.9 Å². The largest absolute Gasteiger partial charge is 0.345 e. The molecule has 0 bridgehead atoms. The van der Waals surface area contributed by atoms with Crippen molar-refractivity contribution in [1.29, 1.82) is 0 Å². The van der Waals surface area contributed by atoms with E-state index >= 15 is 0 Å². The Hall–Kier alpha value is -2.37. The van der Waals surface area contributed by atoms with Crippen molar-refractivity contribution in [3.63, 3.8) is 0 Å². The molecule has 0 spiro atoms. The lowest BCUT2D eigenvalue weighted by molar-refractivity contribution is 0.0745. The fourth-order valence-corrected chi connectivity index (χ4v) is 4.63. The van der Waals surface area contributed by atoms with Crippen LogP contribution in [0.25, 0.3) is 0 Å². The van der Waals surface area contributed by atoms with Crippen molar-refractivity contribution in [2.75, 3.05) is 31.1 Å². The summed E-state index contributed by atoms with van der Waals surface area (Å²) in [6, 6.07) is 4.48. The predicted octanol–water partition coefficient (Wildman–Crippen LogP) is 3.36. The van der Waals surface area contributed by atoms with Gasteiger partial charge in [0.1, 0.15) is 0 Å². The molecule has 144 valence electrons. The summed E-state index contributed by atoms with van der Waals surface area (Å²) in [6.45, 7) is 7.23. The third-order valence-electron chi connectivity index (χ3n) is 6.06. The van der Waals surface area contributed by atoms with E-state index in [1.165, 1.54) is 37.8 Å². The molecule has 3 heterocycles. The molecule has 1 saturated carbocycles. The lowest BCUT2D eigenvalue weighted by atomic mass is 9.95. The van der Waals surface area contributed by atoms with Crippen molar-refractivity contribution in [2.45, 2.75) is 52.0 Å². The van der Waals surface area contributed by atoms with Gasteiger partial charge >= 0.3 is 0 Å². The Bertz CT molecular complexity index is 786. The molecule has 1 aliphatic heterocycles. The van der Waals surface area contributed by atoms with E-state index in [-0.39, 0.29) is 5.91 Å². The van der Waals surface area contributed by atoms with Crippen LogP contribution in [0.1, 0.15) is 59.9 Å². The van der Waals surface area contributed by atoms with Gasteiger partial charge in [0.25, 0.3) is 5.91 Å². The van der Waals surface area contributed by atoms with Crippen molar-refractivity contribution in [3.05, 3.63) is 41.5 Å². The highest BCUT2D eigenvalue weighted by Crippen LogP contribution is 2.32. The summed E-state index contributed by atoms with van der Waals surface area (Å²) in [5, 5.41) is 0. The number of carbonyl (C=O) groups is 1. The zero-order valence-corrected chi connectivity index (χ0v) is 16.4. The van der Waals surface area contributed by atoms with Crippen LogP contribution in [0.3, 0.4) is 0 Å². The van der Waals surface area contributed by atoms with Crippen molar-refractivity contribution in [1.82, 2.24) is 19.4 Å². The molecule has 1 aliphatic carbocycles. The normalized spacial score (nSPS) is 18.7. The summed E-state index contributed by atoms with van der Waals surface area (Å²) in [5.41, 5.74) is 3.24. The molecule has 6 nitrogen and oxygen atoms in total. The van der Waals surface area contributed by atoms with Gasteiger partial charge in [0.2, 0.25) is 5.95 Å². The maximum absolute atomic E-state index is 13.2. The molecule has 2 fully saturated rings. The molecule has 0 aromatic carbocycles. The fraction of sp³-hybridized carbons (Fsp3) is 0.571. The third-order valence-corrected chi connectivity index (χ3v) is 6.06. The molecule has 4 rings (SSSR count). The van der Waals surface area contributed by atoms with E-state index in [0.29, 0.717) is 19.1 Å². The summed E-state index contributed by atoms with van der Waals surface area (Å²) in [4.78, 5) is 25.9. The number of anilines is 1. The zero-order valence-electron chi connectivity index (χ0n) is 16.4. The van der Waals surface area contributed by atoms with E-state index in [1.54, 1.807) is 12.4 Å². The van der Waals surface area contributed by atoms with Gasteiger partial charge in [-0.2, -0.15) is 0 Å². The van der Waals surface area contributed by atoms with Gasteiger partial charge in [-0.25, -0.2) is 9.97 Å². The molecule has 2 aliphatic rings. The van der Waals surface area contributed by atoms with Crippen LogP contribution >= 0.6 is 0 Å². The number of aryl methyl sites for hydroxylation is 1.